The van der Waals surface area contributed by atoms with Crippen molar-refractivity contribution in [3.63, 3.8) is 0 Å². The van der Waals surface area contributed by atoms with Crippen LogP contribution in [0.25, 0.3) is 0 Å². The Hall–Kier alpha value is -0.910. The molecule has 0 radical (unpaired) electrons. The number of hydrogen-bond acceptors (Lipinski definition) is 4. The second-order valence-corrected chi connectivity index (χ2v) is 5.11. The average molecular weight is 266 g/mol. The number of fused-ring (bicyclic) bond motifs is 1. The van der Waals surface area contributed by atoms with Crippen molar-refractivity contribution < 1.29 is 4.74 Å². The molecule has 19 heavy (non-hydrogen) atoms. The first-order chi connectivity index (χ1) is 9.31. The lowest BCUT2D eigenvalue weighted by atomic mass is 10.2. The van der Waals surface area contributed by atoms with Gasteiger partial charge in [-0.3, -0.25) is 4.90 Å². The monoisotopic (exact) mass is 266 g/mol. The fourth-order valence-corrected chi connectivity index (χ4v) is 2.45. The van der Waals surface area contributed by atoms with Gasteiger partial charge in [-0.15, -0.1) is 0 Å². The van der Waals surface area contributed by atoms with Gasteiger partial charge in [-0.1, -0.05) is 0 Å². The molecule has 0 aromatic carbocycles. The van der Waals surface area contributed by atoms with E-state index in [9.17, 15) is 0 Å². The Kier molecular flexibility index (Phi) is 5.82. The first-order valence-electron chi connectivity index (χ1n) is 7.33. The van der Waals surface area contributed by atoms with E-state index < -0.39 is 0 Å². The summed E-state index contributed by atoms with van der Waals surface area (Å²) in [6, 6.07) is 0.553. The smallest absolute Gasteiger partial charge is 0.122 e. The van der Waals surface area contributed by atoms with Gasteiger partial charge in [-0.2, -0.15) is 0 Å². The van der Waals surface area contributed by atoms with Crippen LogP contribution in [-0.4, -0.2) is 53.3 Å². The van der Waals surface area contributed by atoms with Gasteiger partial charge in [0.2, 0.25) is 0 Å². The lowest BCUT2D eigenvalue weighted by Gasteiger charge is -2.32. The number of rotatable bonds is 8. The minimum Gasteiger partial charge on any atom is -0.382 e. The van der Waals surface area contributed by atoms with E-state index in [1.54, 1.807) is 0 Å². The van der Waals surface area contributed by atoms with E-state index in [0.717, 1.165) is 52.4 Å². The third-order valence-corrected chi connectivity index (χ3v) is 3.68. The highest BCUT2D eigenvalue weighted by Crippen LogP contribution is 2.12. The molecule has 0 fully saturated rings. The van der Waals surface area contributed by atoms with Crippen molar-refractivity contribution in [3.8, 4) is 0 Å². The van der Waals surface area contributed by atoms with E-state index in [2.05, 4.69) is 32.9 Å². The maximum absolute atomic E-state index is 5.33. The Morgan fingerprint density at radius 3 is 3.21 bits per heavy atom. The van der Waals surface area contributed by atoms with Gasteiger partial charge >= 0.3 is 0 Å². The van der Waals surface area contributed by atoms with E-state index in [4.69, 9.17) is 4.74 Å². The average Bonchev–Trinajstić information content (AvgIpc) is 2.89. The first kappa shape index (κ1) is 14.5. The van der Waals surface area contributed by atoms with Crippen molar-refractivity contribution in [1.29, 1.82) is 0 Å². The molecule has 0 aliphatic carbocycles. The number of hydrogen-bond donors (Lipinski definition) is 1. The SMILES string of the molecule is CCOCCCNCC(C)N1CCn2ccnc2C1. The van der Waals surface area contributed by atoms with E-state index in [0.29, 0.717) is 6.04 Å². The van der Waals surface area contributed by atoms with Gasteiger partial charge in [0.25, 0.3) is 0 Å². The standard InChI is InChI=1S/C14H26N4O/c1-3-19-10-4-5-15-11-13(2)18-9-8-17-7-6-16-14(17)12-18/h6-7,13,15H,3-5,8-12H2,1-2H3. The van der Waals surface area contributed by atoms with Crippen LogP contribution in [-0.2, 0) is 17.8 Å². The van der Waals surface area contributed by atoms with E-state index >= 15 is 0 Å². The summed E-state index contributed by atoms with van der Waals surface area (Å²) in [6.07, 6.45) is 5.06. The van der Waals surface area contributed by atoms with Gasteiger partial charge in [0.15, 0.2) is 0 Å². The maximum Gasteiger partial charge on any atom is 0.122 e. The van der Waals surface area contributed by atoms with Crippen LogP contribution in [0.5, 0.6) is 0 Å². The van der Waals surface area contributed by atoms with Crippen molar-refractivity contribution in [3.05, 3.63) is 18.2 Å². The second-order valence-electron chi connectivity index (χ2n) is 5.11. The summed E-state index contributed by atoms with van der Waals surface area (Å²) in [5.41, 5.74) is 0. The zero-order valence-electron chi connectivity index (χ0n) is 12.1. The van der Waals surface area contributed by atoms with Crippen LogP contribution in [0.3, 0.4) is 0 Å². The highest BCUT2D eigenvalue weighted by Gasteiger charge is 2.20. The van der Waals surface area contributed by atoms with Crippen LogP contribution >= 0.6 is 0 Å². The van der Waals surface area contributed by atoms with Crippen LogP contribution < -0.4 is 5.32 Å². The molecule has 2 heterocycles. The molecule has 0 saturated carbocycles. The minimum atomic E-state index is 0.553. The molecule has 0 saturated heterocycles. The summed E-state index contributed by atoms with van der Waals surface area (Å²) in [7, 11) is 0. The third-order valence-electron chi connectivity index (χ3n) is 3.68. The maximum atomic E-state index is 5.33. The number of imidazole rings is 1. The Labute approximate surface area is 116 Å². The van der Waals surface area contributed by atoms with Crippen LogP contribution in [0.1, 0.15) is 26.1 Å². The fraction of sp³-hybridized carbons (Fsp3) is 0.786. The minimum absolute atomic E-state index is 0.553. The number of nitrogens with one attached hydrogen (secondary N) is 1. The van der Waals surface area contributed by atoms with Gasteiger partial charge < -0.3 is 14.6 Å². The number of aromatic nitrogens is 2. The van der Waals surface area contributed by atoms with Gasteiger partial charge in [0.1, 0.15) is 5.82 Å². The highest BCUT2D eigenvalue weighted by molar-refractivity contribution is 4.96. The molecule has 1 aromatic rings. The van der Waals surface area contributed by atoms with Crippen molar-refractivity contribution in [2.24, 2.45) is 0 Å². The van der Waals surface area contributed by atoms with Gasteiger partial charge in [-0.25, -0.2) is 4.98 Å². The van der Waals surface area contributed by atoms with Gasteiger partial charge in [0, 0.05) is 51.3 Å². The van der Waals surface area contributed by atoms with Crippen molar-refractivity contribution >= 4 is 0 Å². The van der Waals surface area contributed by atoms with Crippen molar-refractivity contribution in [2.75, 3.05) is 32.8 Å². The van der Waals surface area contributed by atoms with Crippen LogP contribution in [0, 0.1) is 0 Å². The zero-order valence-corrected chi connectivity index (χ0v) is 12.1. The molecule has 2 rings (SSSR count). The fourth-order valence-electron chi connectivity index (χ4n) is 2.45. The van der Waals surface area contributed by atoms with Gasteiger partial charge in [-0.05, 0) is 26.8 Å². The number of ether oxygens (including phenoxy) is 1. The normalized spacial score (nSPS) is 17.4. The molecular formula is C14H26N4O. The molecule has 1 N–H and O–H groups in total. The third kappa shape index (κ3) is 4.30. The van der Waals surface area contributed by atoms with Crippen LogP contribution in [0.15, 0.2) is 12.4 Å². The summed E-state index contributed by atoms with van der Waals surface area (Å²) in [5, 5.41) is 3.51. The number of nitrogens with zero attached hydrogens (tertiary/aromatic N) is 3. The Balaban J connectivity index is 1.63. The lowest BCUT2D eigenvalue weighted by Crippen LogP contribution is -2.44. The first-order valence-corrected chi connectivity index (χ1v) is 7.33. The molecule has 5 nitrogen and oxygen atoms in total. The lowest BCUT2D eigenvalue weighted by molar-refractivity contribution is 0.140. The van der Waals surface area contributed by atoms with Crippen molar-refractivity contribution in [2.45, 2.75) is 39.4 Å². The molecule has 1 aliphatic heterocycles. The molecule has 0 amide bonds. The Bertz CT molecular complexity index is 366. The van der Waals surface area contributed by atoms with Crippen LogP contribution in [0.4, 0.5) is 0 Å². The Morgan fingerprint density at radius 1 is 1.47 bits per heavy atom. The molecule has 5 heteroatoms. The highest BCUT2D eigenvalue weighted by atomic mass is 16.5. The van der Waals surface area contributed by atoms with Gasteiger partial charge in [0.05, 0.1) is 6.54 Å². The van der Waals surface area contributed by atoms with E-state index in [-0.39, 0.29) is 0 Å². The predicted molar refractivity (Wildman–Crippen MR) is 76.1 cm³/mol. The molecule has 1 atom stereocenters. The molecule has 108 valence electrons. The second kappa shape index (κ2) is 7.62. The topological polar surface area (TPSA) is 42.3 Å². The van der Waals surface area contributed by atoms with Crippen molar-refractivity contribution in [1.82, 2.24) is 19.8 Å². The molecule has 0 bridgehead atoms. The quantitative estimate of drug-likeness (QED) is 0.716. The molecule has 1 unspecified atom stereocenters. The molecule has 1 aliphatic rings. The largest absolute Gasteiger partial charge is 0.382 e. The summed E-state index contributed by atoms with van der Waals surface area (Å²) >= 11 is 0. The Morgan fingerprint density at radius 2 is 2.37 bits per heavy atom. The summed E-state index contributed by atoms with van der Waals surface area (Å²) in [5.74, 6) is 1.19. The molecule has 0 spiro atoms. The summed E-state index contributed by atoms with van der Waals surface area (Å²) in [4.78, 5) is 6.90. The summed E-state index contributed by atoms with van der Waals surface area (Å²) in [6.45, 7) is 11.2. The summed E-state index contributed by atoms with van der Waals surface area (Å²) < 4.78 is 7.57. The van der Waals surface area contributed by atoms with E-state index in [1.807, 2.05) is 13.1 Å². The molecule has 1 aromatic heterocycles. The molecular weight excluding hydrogens is 240 g/mol. The predicted octanol–water partition coefficient (Wildman–Crippen LogP) is 1.10. The zero-order chi connectivity index (χ0) is 13.5. The van der Waals surface area contributed by atoms with E-state index in [1.165, 1.54) is 5.82 Å². The van der Waals surface area contributed by atoms with Crippen LogP contribution in [0.2, 0.25) is 0 Å².